The Labute approximate surface area is 184 Å². The Morgan fingerprint density at radius 3 is 2.74 bits per heavy atom. The van der Waals surface area contributed by atoms with Crippen molar-refractivity contribution in [2.45, 2.75) is 38.8 Å². The van der Waals surface area contributed by atoms with Gasteiger partial charge in [-0.1, -0.05) is 29.5 Å². The maximum atomic E-state index is 11.5. The average molecular weight is 456 g/mol. The molecule has 0 saturated carbocycles. The third kappa shape index (κ3) is 4.60. The molecule has 1 aliphatic carbocycles. The van der Waals surface area contributed by atoms with Crippen LogP contribution in [0.25, 0.3) is 21.1 Å². The minimum Gasteiger partial charge on any atom is -0.490 e. The third-order valence-corrected chi connectivity index (χ3v) is 6.56. The molecule has 0 bridgehead atoms. The quantitative estimate of drug-likeness (QED) is 0.586. The van der Waals surface area contributed by atoms with Gasteiger partial charge in [-0.25, -0.2) is 5.14 Å². The van der Waals surface area contributed by atoms with Gasteiger partial charge in [-0.2, -0.15) is 18.4 Å². The summed E-state index contributed by atoms with van der Waals surface area (Å²) in [4.78, 5) is 0. The predicted molar refractivity (Wildman–Crippen MR) is 119 cm³/mol. The van der Waals surface area contributed by atoms with Gasteiger partial charge in [-0.05, 0) is 56.0 Å². The predicted octanol–water partition coefficient (Wildman–Crippen LogP) is 3.31. The minimum atomic E-state index is -3.79. The van der Waals surface area contributed by atoms with Crippen LogP contribution in [0.3, 0.4) is 0 Å². The van der Waals surface area contributed by atoms with Crippen LogP contribution in [-0.4, -0.2) is 24.7 Å². The zero-order valence-electron chi connectivity index (χ0n) is 17.0. The van der Waals surface area contributed by atoms with E-state index in [0.717, 1.165) is 27.3 Å². The molecule has 0 amide bonds. The maximum Gasteiger partial charge on any atom is 0.274 e. The fourth-order valence-corrected chi connectivity index (χ4v) is 5.27. The Balaban J connectivity index is 1.66. The lowest BCUT2D eigenvalue weighted by atomic mass is 10.0. The summed E-state index contributed by atoms with van der Waals surface area (Å²) >= 11 is 1.42. The van der Waals surface area contributed by atoms with Gasteiger partial charge >= 0.3 is 0 Å². The lowest BCUT2D eigenvalue weighted by molar-refractivity contribution is 0.242. The summed E-state index contributed by atoms with van der Waals surface area (Å²) in [6.07, 6.45) is 1.32. The largest absolute Gasteiger partial charge is 0.490 e. The van der Waals surface area contributed by atoms with Gasteiger partial charge in [0.1, 0.15) is 21.8 Å². The summed E-state index contributed by atoms with van der Waals surface area (Å²) in [5.41, 5.74) is 4.12. The Bertz CT molecular complexity index is 1280. The molecule has 10 heteroatoms. The van der Waals surface area contributed by atoms with Crippen molar-refractivity contribution in [1.29, 1.82) is 5.26 Å². The third-order valence-electron chi connectivity index (χ3n) is 4.94. The Hall–Kier alpha value is -2.84. The maximum absolute atomic E-state index is 11.5. The smallest absolute Gasteiger partial charge is 0.274 e. The van der Waals surface area contributed by atoms with Crippen LogP contribution in [0.15, 0.2) is 36.4 Å². The molecule has 3 N–H and O–H groups in total. The van der Waals surface area contributed by atoms with E-state index in [1.165, 1.54) is 11.3 Å². The number of hydrogen-bond acceptors (Lipinski definition) is 7. The van der Waals surface area contributed by atoms with Crippen LogP contribution >= 0.6 is 11.3 Å². The monoisotopic (exact) mass is 455 g/mol. The summed E-state index contributed by atoms with van der Waals surface area (Å²) in [6, 6.07) is 13.0. The molecule has 160 valence electrons. The van der Waals surface area contributed by atoms with Gasteiger partial charge in [0.2, 0.25) is 0 Å². The van der Waals surface area contributed by atoms with Crippen molar-refractivity contribution in [3.8, 4) is 33.0 Å². The molecule has 0 aliphatic heterocycles. The van der Waals surface area contributed by atoms with E-state index in [1.54, 1.807) is 12.1 Å². The van der Waals surface area contributed by atoms with Crippen LogP contribution in [0.2, 0.25) is 0 Å². The van der Waals surface area contributed by atoms with E-state index in [2.05, 4.69) is 21.0 Å². The van der Waals surface area contributed by atoms with Crippen molar-refractivity contribution in [1.82, 2.24) is 14.9 Å². The second-order valence-electron chi connectivity index (χ2n) is 7.53. The molecule has 1 aliphatic rings. The normalized spacial score (nSPS) is 15.6. The lowest BCUT2D eigenvalue weighted by Gasteiger charge is -2.12. The molecule has 2 aromatic carbocycles. The van der Waals surface area contributed by atoms with Gasteiger partial charge in [-0.15, -0.1) is 10.2 Å². The van der Waals surface area contributed by atoms with Gasteiger partial charge in [0.15, 0.2) is 0 Å². The standard InChI is InChI=1S/C21H21N5O3S2/c1-12(2)29-19-9-6-13(10-14(19)11-22)20-24-25-21(30-20)17-5-3-4-16-15(17)7-8-18(16)26-31(23,27)28/h3-6,9-10,12,18,26H,7-8H2,1-2H3,(H2,23,27,28). The van der Waals surface area contributed by atoms with E-state index >= 15 is 0 Å². The van der Waals surface area contributed by atoms with Crippen molar-refractivity contribution >= 4 is 21.5 Å². The number of ether oxygens (including phenoxy) is 1. The van der Waals surface area contributed by atoms with Crippen molar-refractivity contribution < 1.29 is 13.2 Å². The van der Waals surface area contributed by atoms with Gasteiger partial charge in [0.25, 0.3) is 10.2 Å². The van der Waals surface area contributed by atoms with Crippen molar-refractivity contribution in [2.75, 3.05) is 0 Å². The van der Waals surface area contributed by atoms with E-state index in [0.29, 0.717) is 29.2 Å². The molecule has 1 unspecified atom stereocenters. The first kappa shape index (κ1) is 21.4. The summed E-state index contributed by atoms with van der Waals surface area (Å²) in [5.74, 6) is 0.542. The zero-order valence-corrected chi connectivity index (χ0v) is 18.6. The minimum absolute atomic E-state index is 0.0289. The van der Waals surface area contributed by atoms with E-state index in [1.807, 2.05) is 38.1 Å². The molecular formula is C21H21N5O3S2. The van der Waals surface area contributed by atoms with E-state index in [9.17, 15) is 13.7 Å². The molecule has 0 spiro atoms. The SMILES string of the molecule is CC(C)Oc1ccc(-c2nnc(-c3cccc4c3CCC4NS(N)(=O)=O)s2)cc1C#N. The molecule has 3 aromatic rings. The van der Waals surface area contributed by atoms with E-state index in [-0.39, 0.29) is 12.1 Å². The molecule has 4 rings (SSSR count). The number of benzene rings is 2. The number of nitrogens with one attached hydrogen (secondary N) is 1. The van der Waals surface area contributed by atoms with Crippen molar-refractivity contribution in [3.63, 3.8) is 0 Å². The topological polar surface area (TPSA) is 131 Å². The number of nitrogens with two attached hydrogens (primary N) is 1. The van der Waals surface area contributed by atoms with E-state index in [4.69, 9.17) is 9.88 Å². The highest BCUT2D eigenvalue weighted by molar-refractivity contribution is 7.87. The molecule has 0 fully saturated rings. The first-order valence-corrected chi connectivity index (χ1v) is 12.1. The van der Waals surface area contributed by atoms with Gasteiger partial charge in [0.05, 0.1) is 11.7 Å². The highest BCUT2D eigenvalue weighted by Crippen LogP contribution is 2.40. The molecule has 1 heterocycles. The molecule has 0 saturated heterocycles. The van der Waals surface area contributed by atoms with Crippen molar-refractivity contribution in [3.05, 3.63) is 53.1 Å². The van der Waals surface area contributed by atoms with Gasteiger partial charge < -0.3 is 4.74 Å². The van der Waals surface area contributed by atoms with Crippen LogP contribution in [0.1, 0.15) is 43.0 Å². The van der Waals surface area contributed by atoms with Crippen LogP contribution in [0, 0.1) is 11.3 Å². The van der Waals surface area contributed by atoms with Crippen molar-refractivity contribution in [2.24, 2.45) is 5.14 Å². The first-order valence-electron chi connectivity index (χ1n) is 9.72. The molecule has 1 atom stereocenters. The Morgan fingerprint density at radius 1 is 1.26 bits per heavy atom. The molecule has 0 radical (unpaired) electrons. The lowest BCUT2D eigenvalue weighted by Crippen LogP contribution is -2.33. The van der Waals surface area contributed by atoms with Gasteiger partial charge in [-0.3, -0.25) is 0 Å². The van der Waals surface area contributed by atoms with Crippen LogP contribution in [0.5, 0.6) is 5.75 Å². The number of nitriles is 1. The number of fused-ring (bicyclic) bond motifs is 1. The Morgan fingerprint density at radius 2 is 2.03 bits per heavy atom. The summed E-state index contributed by atoms with van der Waals surface area (Å²) in [6.45, 7) is 3.82. The average Bonchev–Trinajstić information content (AvgIpc) is 3.34. The molecular weight excluding hydrogens is 434 g/mol. The summed E-state index contributed by atoms with van der Waals surface area (Å²) in [7, 11) is -3.79. The van der Waals surface area contributed by atoms with Gasteiger partial charge in [0, 0.05) is 17.2 Å². The van der Waals surface area contributed by atoms with Crippen LogP contribution in [0.4, 0.5) is 0 Å². The highest BCUT2D eigenvalue weighted by Gasteiger charge is 2.28. The molecule has 8 nitrogen and oxygen atoms in total. The number of hydrogen-bond donors (Lipinski definition) is 2. The highest BCUT2D eigenvalue weighted by atomic mass is 32.2. The Kier molecular flexibility index (Phi) is 5.77. The second kappa shape index (κ2) is 8.36. The van der Waals surface area contributed by atoms with Crippen LogP contribution < -0.4 is 14.6 Å². The molecule has 1 aromatic heterocycles. The number of nitrogens with zero attached hydrogens (tertiary/aromatic N) is 3. The first-order chi connectivity index (χ1) is 14.7. The van der Waals surface area contributed by atoms with E-state index < -0.39 is 10.2 Å². The fraction of sp³-hybridized carbons (Fsp3) is 0.286. The summed E-state index contributed by atoms with van der Waals surface area (Å²) < 4.78 is 31.1. The number of rotatable bonds is 6. The van der Waals surface area contributed by atoms with Crippen LogP contribution in [-0.2, 0) is 16.6 Å². The summed E-state index contributed by atoms with van der Waals surface area (Å²) in [5, 5.41) is 24.7. The second-order valence-corrected chi connectivity index (χ2v) is 9.83. The zero-order chi connectivity index (χ0) is 22.2. The molecule has 31 heavy (non-hydrogen) atoms. The number of aromatic nitrogens is 2. The fourth-order valence-electron chi connectivity index (χ4n) is 3.73.